The summed E-state index contributed by atoms with van der Waals surface area (Å²) in [5.41, 5.74) is -0.594. The highest BCUT2D eigenvalue weighted by Crippen LogP contribution is 2.41. The third-order valence-corrected chi connectivity index (χ3v) is 5.04. The number of carbonyl (C=O) groups excluding carboxylic acids is 2. The summed E-state index contributed by atoms with van der Waals surface area (Å²) in [5.74, 6) is -0.0533. The summed E-state index contributed by atoms with van der Waals surface area (Å²) in [6, 6.07) is -0.303. The predicted octanol–water partition coefficient (Wildman–Crippen LogP) is 2.10. The second-order valence-electron chi connectivity index (χ2n) is 6.59. The van der Waals surface area contributed by atoms with Crippen LogP contribution >= 0.6 is 0 Å². The standard InChI is InChI=1S/C15H25NO3/c1-10(2)15(3)9-13(18)16(14(15)19)11-7-5-4-6-8-12(11)17/h10-12,17H,4-9H2,1-3H3. The van der Waals surface area contributed by atoms with Crippen LogP contribution in [0.25, 0.3) is 0 Å². The van der Waals surface area contributed by atoms with Gasteiger partial charge < -0.3 is 5.11 Å². The van der Waals surface area contributed by atoms with Gasteiger partial charge >= 0.3 is 0 Å². The highest BCUT2D eigenvalue weighted by atomic mass is 16.3. The number of likely N-dealkylation sites (tertiary alicyclic amines) is 1. The molecule has 0 aromatic rings. The molecule has 3 unspecified atom stereocenters. The van der Waals surface area contributed by atoms with Crippen molar-refractivity contribution in [2.24, 2.45) is 11.3 Å². The average Bonchev–Trinajstić information content (AvgIpc) is 2.50. The monoisotopic (exact) mass is 267 g/mol. The summed E-state index contributed by atoms with van der Waals surface area (Å²) in [6.07, 6.45) is 4.21. The van der Waals surface area contributed by atoms with E-state index in [1.54, 1.807) is 0 Å². The van der Waals surface area contributed by atoms with Crippen LogP contribution in [0.5, 0.6) is 0 Å². The molecule has 1 saturated heterocycles. The fourth-order valence-corrected chi connectivity index (χ4v) is 3.22. The summed E-state index contributed by atoms with van der Waals surface area (Å²) in [6.45, 7) is 5.84. The normalized spacial score (nSPS) is 37.0. The van der Waals surface area contributed by atoms with Gasteiger partial charge in [-0.15, -0.1) is 0 Å². The number of carbonyl (C=O) groups is 2. The second-order valence-corrected chi connectivity index (χ2v) is 6.59. The van der Waals surface area contributed by atoms with Gasteiger partial charge in [0.2, 0.25) is 11.8 Å². The summed E-state index contributed by atoms with van der Waals surface area (Å²) in [4.78, 5) is 26.3. The molecule has 0 radical (unpaired) electrons. The van der Waals surface area contributed by atoms with Crippen molar-refractivity contribution in [2.75, 3.05) is 0 Å². The van der Waals surface area contributed by atoms with E-state index < -0.39 is 11.5 Å². The highest BCUT2D eigenvalue weighted by molar-refractivity contribution is 6.06. The number of imide groups is 1. The van der Waals surface area contributed by atoms with E-state index in [4.69, 9.17) is 0 Å². The first-order valence-electron chi connectivity index (χ1n) is 7.42. The van der Waals surface area contributed by atoms with Crippen molar-refractivity contribution in [3.8, 4) is 0 Å². The van der Waals surface area contributed by atoms with Gasteiger partial charge in [-0.1, -0.05) is 33.1 Å². The molecule has 0 bridgehead atoms. The van der Waals surface area contributed by atoms with Crippen LogP contribution in [0.1, 0.15) is 59.3 Å². The Kier molecular flexibility index (Phi) is 4.00. The number of aliphatic hydroxyl groups is 1. The van der Waals surface area contributed by atoms with E-state index in [1.165, 1.54) is 4.90 Å². The largest absolute Gasteiger partial charge is 0.391 e. The molecule has 1 aliphatic carbocycles. The summed E-state index contributed by atoms with van der Waals surface area (Å²) in [7, 11) is 0. The zero-order chi connectivity index (χ0) is 14.2. The van der Waals surface area contributed by atoms with Crippen LogP contribution in [0.15, 0.2) is 0 Å². The maximum atomic E-state index is 12.6. The molecule has 2 rings (SSSR count). The van der Waals surface area contributed by atoms with Crippen LogP contribution in [0, 0.1) is 11.3 Å². The zero-order valence-corrected chi connectivity index (χ0v) is 12.2. The SMILES string of the molecule is CC(C)C1(C)CC(=O)N(C2CCCCCC2O)C1=O. The first-order chi connectivity index (χ1) is 8.88. The number of hydrogen-bond donors (Lipinski definition) is 1. The van der Waals surface area contributed by atoms with E-state index in [9.17, 15) is 14.7 Å². The maximum absolute atomic E-state index is 12.6. The van der Waals surface area contributed by atoms with Crippen LogP contribution in [0.2, 0.25) is 0 Å². The minimum atomic E-state index is -0.594. The third kappa shape index (κ3) is 2.42. The Labute approximate surface area is 115 Å². The minimum Gasteiger partial charge on any atom is -0.391 e. The molecule has 1 N–H and O–H groups in total. The Morgan fingerprint density at radius 1 is 1.21 bits per heavy atom. The lowest BCUT2D eigenvalue weighted by Crippen LogP contribution is -2.48. The van der Waals surface area contributed by atoms with Gasteiger partial charge in [-0.05, 0) is 25.7 Å². The van der Waals surface area contributed by atoms with Crippen molar-refractivity contribution in [3.05, 3.63) is 0 Å². The van der Waals surface area contributed by atoms with Gasteiger partial charge in [0.15, 0.2) is 0 Å². The van der Waals surface area contributed by atoms with Crippen molar-refractivity contribution in [2.45, 2.75) is 71.4 Å². The maximum Gasteiger partial charge on any atom is 0.236 e. The molecule has 1 aliphatic heterocycles. The first-order valence-corrected chi connectivity index (χ1v) is 7.42. The van der Waals surface area contributed by atoms with Gasteiger partial charge in [0.05, 0.1) is 17.6 Å². The van der Waals surface area contributed by atoms with E-state index in [-0.39, 0.29) is 30.2 Å². The molecule has 0 spiro atoms. The van der Waals surface area contributed by atoms with Gasteiger partial charge in [-0.3, -0.25) is 14.5 Å². The Bertz CT molecular complexity index is 380. The van der Waals surface area contributed by atoms with E-state index in [0.29, 0.717) is 6.42 Å². The van der Waals surface area contributed by atoms with Gasteiger partial charge in [-0.2, -0.15) is 0 Å². The molecule has 19 heavy (non-hydrogen) atoms. The number of nitrogens with zero attached hydrogens (tertiary/aromatic N) is 1. The van der Waals surface area contributed by atoms with Crippen LogP contribution in [0.4, 0.5) is 0 Å². The Morgan fingerprint density at radius 2 is 1.84 bits per heavy atom. The van der Waals surface area contributed by atoms with Crippen molar-refractivity contribution in [1.29, 1.82) is 0 Å². The van der Waals surface area contributed by atoms with E-state index in [2.05, 4.69) is 0 Å². The zero-order valence-electron chi connectivity index (χ0n) is 12.2. The first kappa shape index (κ1) is 14.5. The predicted molar refractivity (Wildman–Crippen MR) is 72.3 cm³/mol. The van der Waals surface area contributed by atoms with Gasteiger partial charge in [-0.25, -0.2) is 0 Å². The lowest BCUT2D eigenvalue weighted by atomic mass is 9.77. The molecule has 0 aromatic carbocycles. The molecule has 4 heteroatoms. The van der Waals surface area contributed by atoms with Crippen molar-refractivity contribution in [1.82, 2.24) is 4.90 Å². The molecule has 1 heterocycles. The van der Waals surface area contributed by atoms with Crippen LogP contribution in [-0.4, -0.2) is 34.0 Å². The highest BCUT2D eigenvalue weighted by Gasteiger charge is 2.52. The molecular formula is C15H25NO3. The Hall–Kier alpha value is -0.900. The number of rotatable bonds is 2. The molecule has 0 aromatic heterocycles. The number of aliphatic hydroxyl groups excluding tert-OH is 1. The quantitative estimate of drug-likeness (QED) is 0.616. The van der Waals surface area contributed by atoms with Crippen LogP contribution in [-0.2, 0) is 9.59 Å². The fourth-order valence-electron chi connectivity index (χ4n) is 3.22. The lowest BCUT2D eigenvalue weighted by molar-refractivity contribution is -0.147. The van der Waals surface area contributed by atoms with E-state index in [0.717, 1.165) is 25.7 Å². The molecule has 108 valence electrons. The number of amides is 2. The van der Waals surface area contributed by atoms with E-state index in [1.807, 2.05) is 20.8 Å². The third-order valence-electron chi connectivity index (χ3n) is 5.04. The topological polar surface area (TPSA) is 57.6 Å². The van der Waals surface area contributed by atoms with Crippen LogP contribution in [0.3, 0.4) is 0 Å². The van der Waals surface area contributed by atoms with E-state index >= 15 is 0 Å². The van der Waals surface area contributed by atoms with Gasteiger partial charge in [0.25, 0.3) is 0 Å². The van der Waals surface area contributed by atoms with Crippen LogP contribution < -0.4 is 0 Å². The fraction of sp³-hybridized carbons (Fsp3) is 0.867. The Morgan fingerprint density at radius 3 is 2.42 bits per heavy atom. The van der Waals surface area contributed by atoms with Gasteiger partial charge in [0, 0.05) is 6.42 Å². The smallest absolute Gasteiger partial charge is 0.236 e. The summed E-state index contributed by atoms with van der Waals surface area (Å²) < 4.78 is 0. The molecule has 2 fully saturated rings. The lowest BCUT2D eigenvalue weighted by Gasteiger charge is -2.32. The van der Waals surface area contributed by atoms with Crippen molar-refractivity contribution >= 4 is 11.8 Å². The summed E-state index contributed by atoms with van der Waals surface area (Å²) >= 11 is 0. The molecule has 2 amide bonds. The Balaban J connectivity index is 2.24. The van der Waals surface area contributed by atoms with Crippen molar-refractivity contribution in [3.63, 3.8) is 0 Å². The van der Waals surface area contributed by atoms with Crippen molar-refractivity contribution < 1.29 is 14.7 Å². The average molecular weight is 267 g/mol. The molecule has 3 atom stereocenters. The molecule has 2 aliphatic rings. The molecular weight excluding hydrogens is 242 g/mol. The minimum absolute atomic E-state index is 0.0848. The van der Waals surface area contributed by atoms with Gasteiger partial charge in [0.1, 0.15) is 0 Å². The second kappa shape index (κ2) is 5.23. The number of hydrogen-bond acceptors (Lipinski definition) is 3. The molecule has 1 saturated carbocycles. The summed E-state index contributed by atoms with van der Waals surface area (Å²) in [5, 5.41) is 10.2. The molecule has 4 nitrogen and oxygen atoms in total.